The number of fused-ring (bicyclic) bond motifs is 5. The Hall–Kier alpha value is -2.09. The highest BCUT2D eigenvalue weighted by Crippen LogP contribution is 2.52. The summed E-state index contributed by atoms with van der Waals surface area (Å²) in [5, 5.41) is 2.62. The van der Waals surface area contributed by atoms with Crippen LogP contribution in [0.1, 0.15) is 12.0 Å². The van der Waals surface area contributed by atoms with Crippen LogP contribution in [-0.4, -0.2) is 34.8 Å². The van der Waals surface area contributed by atoms with E-state index >= 15 is 0 Å². The molecule has 2 amide bonds. The fraction of sp³-hybridized carbons (Fsp3) is 0.471. The van der Waals surface area contributed by atoms with Crippen LogP contribution in [0, 0.1) is 23.7 Å². The summed E-state index contributed by atoms with van der Waals surface area (Å²) in [5.74, 6) is -0.470. The first-order valence-corrected chi connectivity index (χ1v) is 8.65. The van der Waals surface area contributed by atoms with E-state index in [4.69, 9.17) is 11.6 Å². The van der Waals surface area contributed by atoms with E-state index in [1.165, 1.54) is 4.90 Å². The fourth-order valence-corrected chi connectivity index (χ4v) is 4.43. The van der Waals surface area contributed by atoms with Gasteiger partial charge in [-0.25, -0.2) is 4.98 Å². The zero-order valence-electron chi connectivity index (χ0n) is 13.5. The van der Waals surface area contributed by atoms with Crippen LogP contribution >= 0.6 is 11.6 Å². The van der Waals surface area contributed by atoms with Gasteiger partial charge in [0.25, 0.3) is 0 Å². The monoisotopic (exact) mass is 385 g/mol. The number of hydrogen-bond acceptors (Lipinski definition) is 4. The van der Waals surface area contributed by atoms with Crippen molar-refractivity contribution in [3.8, 4) is 0 Å². The average Bonchev–Trinajstić information content (AvgIpc) is 3.24. The largest absolute Gasteiger partial charge is 0.417 e. The summed E-state index contributed by atoms with van der Waals surface area (Å²) in [5.41, 5.74) is -0.936. The second-order valence-corrected chi connectivity index (χ2v) is 7.21. The molecule has 1 N–H and O–H groups in total. The molecule has 2 fully saturated rings. The fourth-order valence-electron chi connectivity index (χ4n) is 4.19. The SMILES string of the molecule is O=C1[C@@H]2[C@H](C(=O)N1CCNc1ncc(C(F)(F)F)cc1Cl)[C@H]1C=C[C@H]2C1. The molecular weight excluding hydrogens is 371 g/mol. The summed E-state index contributed by atoms with van der Waals surface area (Å²) in [7, 11) is 0. The molecule has 2 aliphatic carbocycles. The average molecular weight is 386 g/mol. The van der Waals surface area contributed by atoms with Crippen molar-refractivity contribution in [1.29, 1.82) is 0 Å². The lowest BCUT2D eigenvalue weighted by atomic mass is 9.85. The van der Waals surface area contributed by atoms with Crippen LogP contribution in [0.4, 0.5) is 19.0 Å². The molecule has 2 heterocycles. The number of carbonyl (C=O) groups is 2. The van der Waals surface area contributed by atoms with E-state index in [2.05, 4.69) is 10.3 Å². The minimum Gasteiger partial charge on any atom is -0.367 e. The number of allylic oxidation sites excluding steroid dienone is 2. The van der Waals surface area contributed by atoms with Gasteiger partial charge in [-0.05, 0) is 24.3 Å². The first-order chi connectivity index (χ1) is 12.3. The first kappa shape index (κ1) is 17.3. The normalized spacial score (nSPS) is 29.6. The Balaban J connectivity index is 1.39. The molecular formula is C17H15ClF3N3O2. The summed E-state index contributed by atoms with van der Waals surface area (Å²) in [6.45, 7) is 0.293. The number of alkyl halides is 3. The molecule has 4 rings (SSSR count). The molecule has 138 valence electrons. The minimum atomic E-state index is -4.52. The number of nitrogens with one attached hydrogen (secondary N) is 1. The molecule has 9 heteroatoms. The lowest BCUT2D eigenvalue weighted by Crippen LogP contribution is -2.36. The smallest absolute Gasteiger partial charge is 0.367 e. The van der Waals surface area contributed by atoms with E-state index in [0.717, 1.165) is 12.5 Å². The predicted molar refractivity (Wildman–Crippen MR) is 87.2 cm³/mol. The number of pyridine rings is 1. The van der Waals surface area contributed by atoms with Gasteiger partial charge in [0.2, 0.25) is 11.8 Å². The summed E-state index contributed by atoms with van der Waals surface area (Å²) in [6, 6.07) is 0.788. The first-order valence-electron chi connectivity index (χ1n) is 8.27. The van der Waals surface area contributed by atoms with Crippen molar-refractivity contribution in [1.82, 2.24) is 9.88 Å². The molecule has 0 unspecified atom stereocenters. The van der Waals surface area contributed by atoms with Crippen LogP contribution < -0.4 is 5.32 Å². The second kappa shape index (κ2) is 5.97. The van der Waals surface area contributed by atoms with E-state index < -0.39 is 11.7 Å². The van der Waals surface area contributed by atoms with Gasteiger partial charge in [0.15, 0.2) is 0 Å². The van der Waals surface area contributed by atoms with Crippen molar-refractivity contribution in [2.45, 2.75) is 12.6 Å². The summed E-state index contributed by atoms with van der Waals surface area (Å²) in [4.78, 5) is 30.0. The van der Waals surface area contributed by atoms with Crippen molar-refractivity contribution in [2.75, 3.05) is 18.4 Å². The van der Waals surface area contributed by atoms with Gasteiger partial charge in [-0.1, -0.05) is 23.8 Å². The highest BCUT2D eigenvalue weighted by atomic mass is 35.5. The maximum atomic E-state index is 12.6. The van der Waals surface area contributed by atoms with Crippen molar-refractivity contribution in [3.63, 3.8) is 0 Å². The van der Waals surface area contributed by atoms with Crippen LogP contribution in [0.3, 0.4) is 0 Å². The zero-order valence-corrected chi connectivity index (χ0v) is 14.2. The molecule has 5 nitrogen and oxygen atoms in total. The maximum absolute atomic E-state index is 12.6. The summed E-state index contributed by atoms with van der Waals surface area (Å²) < 4.78 is 37.9. The molecule has 1 aromatic heterocycles. The summed E-state index contributed by atoms with van der Waals surface area (Å²) >= 11 is 5.83. The number of nitrogens with zero attached hydrogens (tertiary/aromatic N) is 2. The number of hydrogen-bond donors (Lipinski definition) is 1. The van der Waals surface area contributed by atoms with Gasteiger partial charge >= 0.3 is 6.18 Å². The highest BCUT2D eigenvalue weighted by Gasteiger charge is 2.58. The lowest BCUT2D eigenvalue weighted by Gasteiger charge is -2.18. The number of carbonyl (C=O) groups excluding carboxylic acids is 2. The third-order valence-electron chi connectivity index (χ3n) is 5.36. The number of imide groups is 1. The second-order valence-electron chi connectivity index (χ2n) is 6.81. The van der Waals surface area contributed by atoms with E-state index in [1.807, 2.05) is 12.2 Å². The van der Waals surface area contributed by atoms with E-state index in [-0.39, 0.29) is 59.4 Å². The molecule has 4 atom stereocenters. The Bertz CT molecular complexity index is 781. The Morgan fingerprint density at radius 3 is 2.35 bits per heavy atom. The Morgan fingerprint density at radius 2 is 1.81 bits per heavy atom. The van der Waals surface area contributed by atoms with E-state index in [0.29, 0.717) is 6.20 Å². The quantitative estimate of drug-likeness (QED) is 0.639. The standard InChI is InChI=1S/C17H15ClF3N3O2/c18-11-6-10(17(19,20)21)7-23-14(11)22-3-4-24-15(25)12-8-1-2-9(5-8)13(12)16(24)26/h1-2,6-9,12-13H,3-5H2,(H,22,23)/t8-,9-,12-,13+/m0/s1. The molecule has 1 aliphatic heterocycles. The minimum absolute atomic E-state index is 0.0840. The molecule has 2 bridgehead atoms. The van der Waals surface area contributed by atoms with Crippen molar-refractivity contribution < 1.29 is 22.8 Å². The van der Waals surface area contributed by atoms with Crippen LogP contribution in [0.5, 0.6) is 0 Å². The van der Waals surface area contributed by atoms with E-state index in [1.54, 1.807) is 0 Å². The Kier molecular flexibility index (Phi) is 3.98. The van der Waals surface area contributed by atoms with Crippen LogP contribution in [-0.2, 0) is 15.8 Å². The number of amides is 2. The van der Waals surface area contributed by atoms with E-state index in [9.17, 15) is 22.8 Å². The number of halogens is 4. The van der Waals surface area contributed by atoms with Crippen molar-refractivity contribution >= 4 is 29.2 Å². The van der Waals surface area contributed by atoms with Gasteiger partial charge in [0, 0.05) is 19.3 Å². The molecule has 3 aliphatic rings. The lowest BCUT2D eigenvalue weighted by molar-refractivity contribution is -0.140. The van der Waals surface area contributed by atoms with Crippen molar-refractivity contribution in [3.05, 3.63) is 35.0 Å². The molecule has 1 saturated carbocycles. The Labute approximate surface area is 152 Å². The number of anilines is 1. The maximum Gasteiger partial charge on any atom is 0.417 e. The molecule has 0 radical (unpaired) electrons. The number of likely N-dealkylation sites (tertiary alicyclic amines) is 1. The van der Waals surface area contributed by atoms with Crippen molar-refractivity contribution in [2.24, 2.45) is 23.7 Å². The van der Waals surface area contributed by atoms with Gasteiger partial charge in [-0.15, -0.1) is 0 Å². The number of rotatable bonds is 4. The topological polar surface area (TPSA) is 62.3 Å². The van der Waals surface area contributed by atoms with Crippen LogP contribution in [0.25, 0.3) is 0 Å². The molecule has 26 heavy (non-hydrogen) atoms. The molecule has 1 aromatic rings. The van der Waals surface area contributed by atoms with Gasteiger partial charge in [-0.2, -0.15) is 13.2 Å². The number of aromatic nitrogens is 1. The molecule has 0 spiro atoms. The third kappa shape index (κ3) is 2.67. The predicted octanol–water partition coefficient (Wildman–Crippen LogP) is 2.97. The van der Waals surface area contributed by atoms with Gasteiger partial charge in [0.1, 0.15) is 5.82 Å². The summed E-state index contributed by atoms with van der Waals surface area (Å²) in [6.07, 6.45) is 1.07. The van der Waals surface area contributed by atoms with Crippen LogP contribution in [0.15, 0.2) is 24.4 Å². The Morgan fingerprint density at radius 1 is 1.19 bits per heavy atom. The van der Waals surface area contributed by atoms with Crippen LogP contribution in [0.2, 0.25) is 5.02 Å². The molecule has 1 saturated heterocycles. The third-order valence-corrected chi connectivity index (χ3v) is 5.65. The van der Waals surface area contributed by atoms with Gasteiger partial charge in [0.05, 0.1) is 22.4 Å². The van der Waals surface area contributed by atoms with Gasteiger partial charge in [-0.3, -0.25) is 14.5 Å². The molecule has 0 aromatic carbocycles. The van der Waals surface area contributed by atoms with Gasteiger partial charge < -0.3 is 5.32 Å². The zero-order chi connectivity index (χ0) is 18.6. The highest BCUT2D eigenvalue weighted by molar-refractivity contribution is 6.33.